The first-order valence-corrected chi connectivity index (χ1v) is 17.5. The Balaban J connectivity index is 1.18. The molecule has 240 valence electrons. The molecular weight excluding hydrogens is 615 g/mol. The average molecular weight is 650 g/mol. The van der Waals surface area contributed by atoms with E-state index < -0.39 is 0 Å². The molecule has 0 aliphatic heterocycles. The van der Waals surface area contributed by atoms with Crippen LogP contribution < -0.4 is 4.90 Å². The van der Waals surface area contributed by atoms with E-state index in [4.69, 9.17) is 0 Å². The Kier molecular flexibility index (Phi) is 7.92. The van der Waals surface area contributed by atoms with Gasteiger partial charge in [0.2, 0.25) is 0 Å². The van der Waals surface area contributed by atoms with Crippen LogP contribution in [0.2, 0.25) is 0 Å². The molecule has 1 heteroatoms. The lowest BCUT2D eigenvalue weighted by molar-refractivity contribution is 1.30. The Morgan fingerprint density at radius 3 is 1.37 bits per heavy atom. The van der Waals surface area contributed by atoms with E-state index >= 15 is 0 Å². The quantitative estimate of drug-likeness (QED) is 0.166. The summed E-state index contributed by atoms with van der Waals surface area (Å²) in [6, 6.07) is 76.7. The zero-order valence-electron chi connectivity index (χ0n) is 28.2. The van der Waals surface area contributed by atoms with Crippen molar-refractivity contribution >= 4 is 38.6 Å². The van der Waals surface area contributed by atoms with E-state index in [1.54, 1.807) is 0 Å². The highest BCUT2D eigenvalue weighted by molar-refractivity contribution is 6.01. The van der Waals surface area contributed by atoms with Gasteiger partial charge in [-0.2, -0.15) is 0 Å². The van der Waals surface area contributed by atoms with Crippen LogP contribution in [0.15, 0.2) is 212 Å². The Labute approximate surface area is 299 Å². The van der Waals surface area contributed by atoms with Gasteiger partial charge in [-0.15, -0.1) is 0 Å². The summed E-state index contributed by atoms with van der Waals surface area (Å²) in [5.41, 5.74) is 13.0. The summed E-state index contributed by atoms with van der Waals surface area (Å²) in [5.74, 6) is 0. The summed E-state index contributed by atoms with van der Waals surface area (Å²) >= 11 is 0. The molecule has 0 aliphatic carbocycles. The average Bonchev–Trinajstić information content (AvgIpc) is 3.22. The molecule has 0 radical (unpaired) electrons. The highest BCUT2D eigenvalue weighted by Crippen LogP contribution is 2.42. The highest BCUT2D eigenvalue weighted by Gasteiger charge is 2.17. The molecule has 0 unspecified atom stereocenters. The first kappa shape index (κ1) is 30.4. The fraction of sp³-hybridized carbons (Fsp3) is 0. The van der Waals surface area contributed by atoms with Gasteiger partial charge in [-0.3, -0.25) is 0 Å². The number of hydrogen-bond donors (Lipinski definition) is 0. The van der Waals surface area contributed by atoms with Crippen molar-refractivity contribution < 1.29 is 0 Å². The summed E-state index contributed by atoms with van der Waals surface area (Å²) in [7, 11) is 0. The number of anilines is 3. The Morgan fingerprint density at radius 2 is 0.725 bits per heavy atom. The van der Waals surface area contributed by atoms with E-state index in [1.165, 1.54) is 66.1 Å². The molecule has 0 heterocycles. The minimum Gasteiger partial charge on any atom is -0.310 e. The zero-order chi connectivity index (χ0) is 34.0. The van der Waals surface area contributed by atoms with E-state index in [0.29, 0.717) is 0 Å². The van der Waals surface area contributed by atoms with Gasteiger partial charge in [0, 0.05) is 16.8 Å². The minimum absolute atomic E-state index is 1.10. The molecule has 9 rings (SSSR count). The van der Waals surface area contributed by atoms with Crippen molar-refractivity contribution in [1.82, 2.24) is 0 Å². The molecule has 9 aromatic rings. The molecule has 0 N–H and O–H groups in total. The van der Waals surface area contributed by atoms with Gasteiger partial charge in [-0.05, 0) is 109 Å². The fourth-order valence-corrected chi connectivity index (χ4v) is 7.31. The maximum atomic E-state index is 2.40. The van der Waals surface area contributed by atoms with Gasteiger partial charge in [0.15, 0.2) is 0 Å². The number of rotatable bonds is 7. The van der Waals surface area contributed by atoms with Crippen LogP contribution in [0.25, 0.3) is 66.1 Å². The fourth-order valence-electron chi connectivity index (χ4n) is 7.31. The van der Waals surface area contributed by atoms with Crippen molar-refractivity contribution in [3.05, 3.63) is 212 Å². The SMILES string of the molecule is c1ccc(-c2cc(-c3ccccc3)cc(-c3ccc(N(c4cccc(-c5cccc6ccccc56)c4)c4cccc5ccccc45)cc3)c2)cc1. The molecule has 51 heavy (non-hydrogen) atoms. The third kappa shape index (κ3) is 5.96. The zero-order valence-corrected chi connectivity index (χ0v) is 28.2. The first-order valence-electron chi connectivity index (χ1n) is 17.5. The summed E-state index contributed by atoms with van der Waals surface area (Å²) in [6.45, 7) is 0. The van der Waals surface area contributed by atoms with Crippen molar-refractivity contribution in [3.8, 4) is 44.5 Å². The molecule has 0 saturated carbocycles. The molecule has 0 aromatic heterocycles. The van der Waals surface area contributed by atoms with Crippen molar-refractivity contribution in [1.29, 1.82) is 0 Å². The van der Waals surface area contributed by atoms with Crippen LogP contribution in [-0.4, -0.2) is 0 Å². The lowest BCUT2D eigenvalue weighted by Crippen LogP contribution is -2.10. The Morgan fingerprint density at radius 1 is 0.255 bits per heavy atom. The van der Waals surface area contributed by atoms with E-state index in [9.17, 15) is 0 Å². The van der Waals surface area contributed by atoms with E-state index in [-0.39, 0.29) is 0 Å². The number of benzene rings is 9. The van der Waals surface area contributed by atoms with Crippen LogP contribution in [0.4, 0.5) is 17.1 Å². The molecular formula is C50H35N. The van der Waals surface area contributed by atoms with Gasteiger partial charge >= 0.3 is 0 Å². The van der Waals surface area contributed by atoms with Crippen LogP contribution in [0.3, 0.4) is 0 Å². The van der Waals surface area contributed by atoms with E-state index in [2.05, 4.69) is 217 Å². The second-order valence-corrected chi connectivity index (χ2v) is 13.0. The van der Waals surface area contributed by atoms with Crippen LogP contribution in [0.1, 0.15) is 0 Å². The van der Waals surface area contributed by atoms with E-state index in [0.717, 1.165) is 17.1 Å². The number of fused-ring (bicyclic) bond motifs is 2. The largest absolute Gasteiger partial charge is 0.310 e. The van der Waals surface area contributed by atoms with E-state index in [1.807, 2.05) is 0 Å². The van der Waals surface area contributed by atoms with Crippen molar-refractivity contribution in [3.63, 3.8) is 0 Å². The highest BCUT2D eigenvalue weighted by atomic mass is 15.1. The van der Waals surface area contributed by atoms with Crippen molar-refractivity contribution in [2.45, 2.75) is 0 Å². The van der Waals surface area contributed by atoms with Crippen LogP contribution >= 0.6 is 0 Å². The predicted molar refractivity (Wildman–Crippen MR) is 218 cm³/mol. The smallest absolute Gasteiger partial charge is 0.0540 e. The molecule has 0 saturated heterocycles. The molecule has 0 aliphatic rings. The number of nitrogens with zero attached hydrogens (tertiary/aromatic N) is 1. The van der Waals surface area contributed by atoms with Gasteiger partial charge in [0.25, 0.3) is 0 Å². The summed E-state index contributed by atoms with van der Waals surface area (Å²) in [6.07, 6.45) is 0. The molecule has 0 atom stereocenters. The summed E-state index contributed by atoms with van der Waals surface area (Å²) in [4.78, 5) is 2.40. The molecule has 0 spiro atoms. The van der Waals surface area contributed by atoms with Gasteiger partial charge < -0.3 is 4.90 Å². The van der Waals surface area contributed by atoms with Crippen LogP contribution in [-0.2, 0) is 0 Å². The third-order valence-electron chi connectivity index (χ3n) is 9.82. The first-order chi connectivity index (χ1) is 25.3. The lowest BCUT2D eigenvalue weighted by atomic mass is 9.93. The lowest BCUT2D eigenvalue weighted by Gasteiger charge is -2.27. The van der Waals surface area contributed by atoms with Crippen molar-refractivity contribution in [2.75, 3.05) is 4.90 Å². The molecule has 1 nitrogen and oxygen atoms in total. The normalized spacial score (nSPS) is 11.1. The second kappa shape index (κ2) is 13.3. The molecule has 0 fully saturated rings. The third-order valence-corrected chi connectivity index (χ3v) is 9.82. The number of hydrogen-bond acceptors (Lipinski definition) is 1. The summed E-state index contributed by atoms with van der Waals surface area (Å²) in [5, 5.41) is 4.93. The molecule has 0 amide bonds. The molecule has 0 bridgehead atoms. The molecule has 9 aromatic carbocycles. The van der Waals surface area contributed by atoms with Crippen molar-refractivity contribution in [2.24, 2.45) is 0 Å². The maximum absolute atomic E-state index is 2.40. The minimum atomic E-state index is 1.10. The topological polar surface area (TPSA) is 3.24 Å². The maximum Gasteiger partial charge on any atom is 0.0540 e. The Bertz CT molecular complexity index is 2550. The van der Waals surface area contributed by atoms with Gasteiger partial charge in [-0.25, -0.2) is 0 Å². The van der Waals surface area contributed by atoms with Gasteiger partial charge in [-0.1, -0.05) is 164 Å². The van der Waals surface area contributed by atoms with Gasteiger partial charge in [0.05, 0.1) is 5.69 Å². The van der Waals surface area contributed by atoms with Crippen LogP contribution in [0, 0.1) is 0 Å². The second-order valence-electron chi connectivity index (χ2n) is 13.0. The monoisotopic (exact) mass is 649 g/mol. The summed E-state index contributed by atoms with van der Waals surface area (Å²) < 4.78 is 0. The van der Waals surface area contributed by atoms with Crippen LogP contribution in [0.5, 0.6) is 0 Å². The van der Waals surface area contributed by atoms with Gasteiger partial charge in [0.1, 0.15) is 0 Å². The Hall–Kier alpha value is -6.70. The standard InChI is InChI=1S/C50H35N/c1-3-14-36(15-4-1)42-32-43(37-16-5-2-6-17-37)34-44(33-42)38-28-30-45(31-29-38)51(50-27-13-21-40-19-8-10-25-49(40)50)46-23-11-22-41(35-46)48-26-12-20-39-18-7-9-24-47(39)48/h1-35H. The predicted octanol–water partition coefficient (Wildman–Crippen LogP) is 14.1.